The van der Waals surface area contributed by atoms with Gasteiger partial charge in [-0.25, -0.2) is 0 Å². The highest BCUT2D eigenvalue weighted by Crippen LogP contribution is 2.35. The van der Waals surface area contributed by atoms with Gasteiger partial charge < -0.3 is 20.2 Å². The van der Waals surface area contributed by atoms with Gasteiger partial charge in [-0.2, -0.15) is 0 Å². The number of aromatic hydroxyl groups is 3. The van der Waals surface area contributed by atoms with Crippen LogP contribution < -0.4 is 0 Å². The first-order chi connectivity index (χ1) is 7.00. The van der Waals surface area contributed by atoms with Gasteiger partial charge in [-0.05, 0) is 51.2 Å². The Bertz CT molecular complexity index is 314. The van der Waals surface area contributed by atoms with E-state index >= 15 is 0 Å². The predicted molar refractivity (Wildman–Crippen MR) is 58.3 cm³/mol. The van der Waals surface area contributed by atoms with Crippen LogP contribution in [0.15, 0.2) is 12.1 Å². The minimum Gasteiger partial charge on any atom is -0.504 e. The number of aryl methyl sites for hydroxylation is 1. The number of benzene rings is 1. The topological polar surface area (TPSA) is 63.9 Å². The van der Waals surface area contributed by atoms with E-state index in [2.05, 4.69) is 4.90 Å². The molecule has 0 fully saturated rings. The van der Waals surface area contributed by atoms with E-state index in [-0.39, 0.29) is 11.5 Å². The van der Waals surface area contributed by atoms with E-state index in [1.807, 2.05) is 14.1 Å². The third-order valence-corrected chi connectivity index (χ3v) is 2.20. The lowest BCUT2D eigenvalue weighted by Crippen LogP contribution is -2.13. The second-order valence-corrected chi connectivity index (χ2v) is 3.89. The van der Waals surface area contributed by atoms with E-state index in [0.717, 1.165) is 24.9 Å². The Morgan fingerprint density at radius 1 is 1.07 bits per heavy atom. The highest BCUT2D eigenvalue weighted by Gasteiger charge is 2.07. The summed E-state index contributed by atoms with van der Waals surface area (Å²) >= 11 is 0. The van der Waals surface area contributed by atoms with Gasteiger partial charge in [0.1, 0.15) is 0 Å². The fourth-order valence-electron chi connectivity index (χ4n) is 1.40. The van der Waals surface area contributed by atoms with Crippen molar-refractivity contribution in [3.63, 3.8) is 0 Å². The average Bonchev–Trinajstić information content (AvgIpc) is 2.13. The maximum Gasteiger partial charge on any atom is 0.200 e. The first-order valence-electron chi connectivity index (χ1n) is 4.89. The molecule has 0 saturated heterocycles. The molecular weight excluding hydrogens is 194 g/mol. The second kappa shape index (κ2) is 4.89. The fraction of sp³-hybridized carbons (Fsp3) is 0.455. The van der Waals surface area contributed by atoms with Crippen molar-refractivity contribution in [3.8, 4) is 17.2 Å². The van der Waals surface area contributed by atoms with Crippen molar-refractivity contribution in [1.29, 1.82) is 0 Å². The van der Waals surface area contributed by atoms with Crippen LogP contribution in [0, 0.1) is 0 Å². The zero-order chi connectivity index (χ0) is 11.4. The summed E-state index contributed by atoms with van der Waals surface area (Å²) in [6, 6.07) is 2.95. The third kappa shape index (κ3) is 3.32. The molecule has 84 valence electrons. The number of hydrogen-bond acceptors (Lipinski definition) is 4. The molecule has 0 atom stereocenters. The quantitative estimate of drug-likeness (QED) is 0.657. The Balaban J connectivity index is 2.63. The Labute approximate surface area is 89.4 Å². The Morgan fingerprint density at radius 3 is 2.07 bits per heavy atom. The summed E-state index contributed by atoms with van der Waals surface area (Å²) in [7, 11) is 3.98. The van der Waals surface area contributed by atoms with Crippen molar-refractivity contribution < 1.29 is 15.3 Å². The maximum atomic E-state index is 9.27. The molecule has 4 nitrogen and oxygen atoms in total. The number of hydrogen-bond donors (Lipinski definition) is 3. The van der Waals surface area contributed by atoms with Crippen LogP contribution in [0.1, 0.15) is 12.0 Å². The molecule has 4 heteroatoms. The molecular formula is C11H17NO3. The summed E-state index contributed by atoms with van der Waals surface area (Å²) in [4.78, 5) is 2.07. The van der Waals surface area contributed by atoms with E-state index in [4.69, 9.17) is 5.11 Å². The molecule has 15 heavy (non-hydrogen) atoms. The highest BCUT2D eigenvalue weighted by atomic mass is 16.3. The van der Waals surface area contributed by atoms with Gasteiger partial charge in [0.15, 0.2) is 17.2 Å². The van der Waals surface area contributed by atoms with E-state index < -0.39 is 5.75 Å². The molecule has 1 aromatic rings. The van der Waals surface area contributed by atoms with E-state index in [0.29, 0.717) is 0 Å². The van der Waals surface area contributed by atoms with Gasteiger partial charge >= 0.3 is 0 Å². The molecule has 0 aliphatic rings. The van der Waals surface area contributed by atoms with E-state index in [1.165, 1.54) is 12.1 Å². The maximum absolute atomic E-state index is 9.27. The molecule has 0 radical (unpaired) electrons. The molecule has 0 spiro atoms. The van der Waals surface area contributed by atoms with Crippen molar-refractivity contribution in [3.05, 3.63) is 17.7 Å². The van der Waals surface area contributed by atoms with Crippen LogP contribution in [0.3, 0.4) is 0 Å². The average molecular weight is 211 g/mol. The summed E-state index contributed by atoms with van der Waals surface area (Å²) in [5.41, 5.74) is 0.824. The van der Waals surface area contributed by atoms with Gasteiger partial charge in [0.05, 0.1) is 0 Å². The Hall–Kier alpha value is -1.42. The molecule has 1 rings (SSSR count). The summed E-state index contributed by atoms with van der Waals surface area (Å²) < 4.78 is 0. The lowest BCUT2D eigenvalue weighted by molar-refractivity contribution is 0.366. The first-order valence-corrected chi connectivity index (χ1v) is 4.89. The highest BCUT2D eigenvalue weighted by molar-refractivity contribution is 5.51. The van der Waals surface area contributed by atoms with Crippen LogP contribution in [0.5, 0.6) is 17.2 Å². The van der Waals surface area contributed by atoms with Crippen LogP contribution in [0.2, 0.25) is 0 Å². The molecule has 0 aliphatic heterocycles. The number of phenolic OH excluding ortho intramolecular Hbond substituents is 3. The van der Waals surface area contributed by atoms with Crippen LogP contribution in [0.4, 0.5) is 0 Å². The lowest BCUT2D eigenvalue weighted by Gasteiger charge is -2.09. The van der Waals surface area contributed by atoms with Gasteiger partial charge in [0.2, 0.25) is 0 Å². The van der Waals surface area contributed by atoms with Crippen molar-refractivity contribution in [2.45, 2.75) is 12.8 Å². The van der Waals surface area contributed by atoms with Gasteiger partial charge in [-0.1, -0.05) is 0 Å². The summed E-state index contributed by atoms with van der Waals surface area (Å²) in [6.45, 7) is 0.947. The normalized spacial score (nSPS) is 10.9. The standard InChI is InChI=1S/C11H17NO3/c1-12(2)5-3-4-8-6-9(13)11(15)10(14)7-8/h6-7,13-15H,3-5H2,1-2H3. The van der Waals surface area contributed by atoms with Gasteiger partial charge in [-0.3, -0.25) is 0 Å². The predicted octanol–water partition coefficient (Wildman–Crippen LogP) is 1.30. The largest absolute Gasteiger partial charge is 0.504 e. The lowest BCUT2D eigenvalue weighted by atomic mass is 10.1. The zero-order valence-corrected chi connectivity index (χ0v) is 9.06. The van der Waals surface area contributed by atoms with Crippen LogP contribution in [0.25, 0.3) is 0 Å². The molecule has 0 heterocycles. The summed E-state index contributed by atoms with van der Waals surface area (Å²) in [5, 5.41) is 27.7. The molecule has 0 aliphatic carbocycles. The number of nitrogens with zero attached hydrogens (tertiary/aromatic N) is 1. The monoisotopic (exact) mass is 211 g/mol. The molecule has 0 bridgehead atoms. The van der Waals surface area contributed by atoms with Crippen molar-refractivity contribution in [2.24, 2.45) is 0 Å². The van der Waals surface area contributed by atoms with Crippen molar-refractivity contribution >= 4 is 0 Å². The number of rotatable bonds is 4. The summed E-state index contributed by atoms with van der Waals surface area (Å²) in [6.07, 6.45) is 1.70. The smallest absolute Gasteiger partial charge is 0.200 e. The van der Waals surface area contributed by atoms with E-state index in [1.54, 1.807) is 0 Å². The van der Waals surface area contributed by atoms with Gasteiger partial charge in [-0.15, -0.1) is 0 Å². The molecule has 1 aromatic carbocycles. The van der Waals surface area contributed by atoms with Gasteiger partial charge in [0, 0.05) is 0 Å². The molecule has 0 amide bonds. The molecule has 0 unspecified atom stereocenters. The zero-order valence-electron chi connectivity index (χ0n) is 9.06. The summed E-state index contributed by atoms with van der Waals surface area (Å²) in [5.74, 6) is -0.990. The third-order valence-electron chi connectivity index (χ3n) is 2.20. The minimum atomic E-state index is -0.452. The fourth-order valence-corrected chi connectivity index (χ4v) is 1.40. The molecule has 0 aromatic heterocycles. The SMILES string of the molecule is CN(C)CCCc1cc(O)c(O)c(O)c1. The Kier molecular flexibility index (Phi) is 3.80. The van der Waals surface area contributed by atoms with Crippen LogP contribution >= 0.6 is 0 Å². The van der Waals surface area contributed by atoms with Crippen LogP contribution in [-0.2, 0) is 6.42 Å². The number of phenols is 3. The minimum absolute atomic E-state index is 0.269. The molecule has 0 saturated carbocycles. The molecule has 3 N–H and O–H groups in total. The first kappa shape index (κ1) is 11.7. The Morgan fingerprint density at radius 2 is 1.60 bits per heavy atom. The second-order valence-electron chi connectivity index (χ2n) is 3.89. The van der Waals surface area contributed by atoms with E-state index in [9.17, 15) is 10.2 Å². The van der Waals surface area contributed by atoms with Crippen LogP contribution in [-0.4, -0.2) is 40.9 Å². The van der Waals surface area contributed by atoms with Gasteiger partial charge in [0.25, 0.3) is 0 Å². The van der Waals surface area contributed by atoms with Crippen molar-refractivity contribution in [2.75, 3.05) is 20.6 Å². The van der Waals surface area contributed by atoms with Crippen molar-refractivity contribution in [1.82, 2.24) is 4.90 Å².